The standard InChI is InChI=1S/C49H64ClN5O9S.C48H62ClN5O9S/c1-9-30-22-49(30,46(59)61-8)23-39(56)38-19-33(25-55(38)45(58)35(48(4,5)6)20-42(57)64-32-17-28-16-29(28)18-32)63-41-21-36(37-26-65-47(53-37)51-27(2)3)52-44-34(41)10-11-40(43(44)50)62-15-14-54-13-12-31(24-54)60-7;1-8-29-21-48(29,45(58)59)22-38(55)37-18-32(24-54(37)44(57)34(47(4,5)6)19-41(56)63-31-16-27-15-28(27)17-31)62-40-20-35(36-25-64-46(52-36)50-26(2)3)51-43-33(40)9-10-39(42(43)49)61-14-13-53-12-11-30(23-53)60-7/h9-11,21,26-33,35,38H,1,12-20,22-25H2,2-8H3,(H,51,53);8-10,20,25-32,34,37H,1,11-19,21-24H2,2-7H3,(H,50,52)(H,58,59)/t28-,29+,30-,31-,32?,33-,35-,38+,49?;27-,28+,29-,30-,31?,32-,34-,37+,48?/m11/s1. The number of likely N-dealkylation sites (tertiary alicyclic amines) is 4. The molecule has 2 aromatic carbocycles. The van der Waals surface area contributed by atoms with E-state index in [4.69, 9.17) is 85.8 Å². The summed E-state index contributed by atoms with van der Waals surface area (Å²) in [5.74, 6) is -1.52. The van der Waals surface area contributed by atoms with Gasteiger partial charge in [0.2, 0.25) is 11.8 Å². The molecular formula is C97H126Cl2N10O18S2. The number of methoxy groups -OCH3 is 3. The second-order valence-electron chi connectivity index (χ2n) is 40.2. The number of Topliss-reactive ketones (excluding diaryl/α,β-unsaturated/α-hetero) is 2. The van der Waals surface area contributed by atoms with E-state index in [1.54, 1.807) is 43.4 Å². The number of hydrogen-bond acceptors (Lipinski definition) is 27. The summed E-state index contributed by atoms with van der Waals surface area (Å²) in [5.41, 5.74) is -0.477. The Morgan fingerprint density at radius 3 is 1.29 bits per heavy atom. The highest BCUT2D eigenvalue weighted by atomic mass is 35.5. The van der Waals surface area contributed by atoms with Crippen LogP contribution in [0.2, 0.25) is 10.0 Å². The Kier molecular flexibility index (Phi) is 28.9. The lowest BCUT2D eigenvalue weighted by molar-refractivity contribution is -0.157. The van der Waals surface area contributed by atoms with Crippen LogP contribution in [0.25, 0.3) is 44.6 Å². The van der Waals surface area contributed by atoms with Crippen molar-refractivity contribution >= 4 is 125 Å². The number of pyridine rings is 2. The van der Waals surface area contributed by atoms with E-state index in [1.807, 2.05) is 104 Å². The van der Waals surface area contributed by atoms with Gasteiger partial charge < -0.3 is 68.2 Å². The molecule has 2 amide bonds. The number of carboxylic acid groups (broad SMARTS) is 1. The molecule has 698 valence electrons. The van der Waals surface area contributed by atoms with Crippen LogP contribution in [-0.2, 0) is 62.0 Å². The molecule has 10 fully saturated rings. The van der Waals surface area contributed by atoms with Crippen LogP contribution in [0.15, 0.2) is 72.5 Å². The molecular weight excluding hydrogens is 1730 g/mol. The van der Waals surface area contributed by atoms with Gasteiger partial charge in [-0.2, -0.15) is 0 Å². The van der Waals surface area contributed by atoms with Gasteiger partial charge in [-0.1, -0.05) is 76.9 Å². The predicted molar refractivity (Wildman–Crippen MR) is 494 cm³/mol. The van der Waals surface area contributed by atoms with Crippen molar-refractivity contribution < 1.29 is 86.1 Å². The third-order valence-electron chi connectivity index (χ3n) is 28.2. The van der Waals surface area contributed by atoms with E-state index >= 15 is 0 Å². The van der Waals surface area contributed by atoms with Gasteiger partial charge in [0.05, 0.1) is 102 Å². The van der Waals surface area contributed by atoms with Crippen molar-refractivity contribution in [1.29, 1.82) is 0 Å². The number of fused-ring (bicyclic) bond motifs is 4. The minimum absolute atomic E-state index is 0.0292. The highest BCUT2D eigenvalue weighted by Gasteiger charge is 2.63. The molecule has 0 spiro atoms. The first kappa shape index (κ1) is 95.0. The maximum atomic E-state index is 15.0. The molecule has 28 nitrogen and oxygen atoms in total. The fourth-order valence-electron chi connectivity index (χ4n) is 20.3. The van der Waals surface area contributed by atoms with E-state index in [1.165, 1.54) is 47.5 Å². The number of aromatic nitrogens is 4. The quantitative estimate of drug-likeness (QED) is 0.0184. The second kappa shape index (κ2) is 39.3. The van der Waals surface area contributed by atoms with Crippen LogP contribution in [0, 0.1) is 69.0 Å². The number of carboxylic acids is 1. The van der Waals surface area contributed by atoms with Crippen LogP contribution in [-0.4, -0.2) is 240 Å². The van der Waals surface area contributed by atoms with Gasteiger partial charge in [-0.25, -0.2) is 19.9 Å². The van der Waals surface area contributed by atoms with Crippen molar-refractivity contribution in [2.45, 2.75) is 233 Å². The van der Waals surface area contributed by atoms with E-state index in [-0.39, 0.29) is 123 Å². The van der Waals surface area contributed by atoms with Gasteiger partial charge in [-0.15, -0.1) is 35.8 Å². The number of aliphatic carboxylic acids is 1. The molecule has 16 rings (SSSR count). The number of rotatable bonds is 38. The van der Waals surface area contributed by atoms with Crippen LogP contribution >= 0.6 is 45.9 Å². The van der Waals surface area contributed by atoms with Crippen LogP contribution in [0.1, 0.15) is 172 Å². The number of allylic oxidation sites excluding steroid dienone is 2. The topological polar surface area (TPSA) is 328 Å². The summed E-state index contributed by atoms with van der Waals surface area (Å²) >= 11 is 17.2. The van der Waals surface area contributed by atoms with Gasteiger partial charge >= 0.3 is 23.9 Å². The largest absolute Gasteiger partial charge is 0.491 e. The van der Waals surface area contributed by atoms with Crippen molar-refractivity contribution in [2.24, 2.45) is 69.0 Å². The lowest BCUT2D eigenvalue weighted by atomic mass is 9.77. The van der Waals surface area contributed by atoms with Gasteiger partial charge in [0, 0.05) is 125 Å². The monoisotopic (exact) mass is 1850 g/mol. The predicted octanol–water partition coefficient (Wildman–Crippen LogP) is 15.9. The number of hydrogen-bond donors (Lipinski definition) is 3. The SMILES string of the molecule is C=C[C@@H]1CC1(CC(=O)[C@@H]1C[C@@H](Oc2cc(-c3csc(NC(C)C)n3)nc3c(Cl)c(OCCN4CC[C@@H](OC)C4)ccc23)CN1C(=O)[C@@H](CC(=O)OC1C[C@@H]2C[C@@H]2C1)C(C)(C)C)C(=O)O.C=C[C@@H]1CC1(CC(=O)[C@@H]1C[C@@H](Oc2cc(-c3csc(NC(C)C)n3)nc3c(Cl)c(OCCN4CC[C@@H](OC)C4)ccc23)CN1C(=O)[C@@H](CC(=O)OC1C[C@@H]2C[C@@H]2C1)C(C)(C)C)C(=O)OC. The van der Waals surface area contributed by atoms with Crippen LogP contribution < -0.4 is 29.6 Å². The summed E-state index contributed by atoms with van der Waals surface area (Å²) in [6.45, 7) is 33.2. The summed E-state index contributed by atoms with van der Waals surface area (Å²) in [6, 6.07) is 9.35. The van der Waals surface area contributed by atoms with Crippen molar-refractivity contribution in [3.05, 3.63) is 82.5 Å². The number of halogens is 2. The Morgan fingerprint density at radius 1 is 0.535 bits per heavy atom. The number of esters is 3. The molecule has 10 aliphatic rings. The molecule has 32 heteroatoms. The number of thiazole rings is 2. The summed E-state index contributed by atoms with van der Waals surface area (Å²) in [7, 11) is 4.79. The number of carbonyl (C=O) groups is 8. The van der Waals surface area contributed by atoms with Gasteiger partial charge in [0.1, 0.15) is 82.1 Å². The average molecular weight is 1860 g/mol. The van der Waals surface area contributed by atoms with Gasteiger partial charge in [0.15, 0.2) is 21.8 Å². The summed E-state index contributed by atoms with van der Waals surface area (Å²) < 4.78 is 54.4. The zero-order valence-corrected chi connectivity index (χ0v) is 79.6. The Balaban J connectivity index is 0.000000198. The summed E-state index contributed by atoms with van der Waals surface area (Å²) in [5, 5.41) is 24.1. The Morgan fingerprint density at radius 2 is 0.938 bits per heavy atom. The molecule has 4 saturated heterocycles. The van der Waals surface area contributed by atoms with Crippen molar-refractivity contribution in [2.75, 3.05) is 97.5 Å². The highest BCUT2D eigenvalue weighted by Crippen LogP contribution is 2.60. The fraction of sp³-hybridized carbons (Fsp3) is 0.629. The zero-order valence-electron chi connectivity index (χ0n) is 76.5. The maximum absolute atomic E-state index is 15.0. The Bertz CT molecular complexity index is 5190. The third-order valence-corrected chi connectivity index (χ3v) is 30.5. The van der Waals surface area contributed by atoms with Crippen LogP contribution in [0.5, 0.6) is 23.0 Å². The minimum Gasteiger partial charge on any atom is -0.491 e. The molecule has 8 heterocycles. The Labute approximate surface area is 773 Å². The number of carbonyl (C=O) groups excluding carboxylic acids is 7. The number of ether oxygens (including phenoxy) is 9. The lowest BCUT2D eigenvalue weighted by Crippen LogP contribution is -2.48. The van der Waals surface area contributed by atoms with Crippen LogP contribution in [0.4, 0.5) is 10.3 Å². The smallest absolute Gasteiger partial charge is 0.312 e. The molecule has 4 aliphatic heterocycles. The molecule has 0 bridgehead atoms. The second-order valence-corrected chi connectivity index (χ2v) is 42.7. The molecule has 6 saturated carbocycles. The number of amides is 2. The summed E-state index contributed by atoms with van der Waals surface area (Å²) in [6.07, 6.45) is 10.3. The maximum Gasteiger partial charge on any atom is 0.312 e. The lowest BCUT2D eigenvalue weighted by Gasteiger charge is -2.35. The van der Waals surface area contributed by atoms with E-state index in [2.05, 4.69) is 33.6 Å². The van der Waals surface area contributed by atoms with E-state index in [0.29, 0.717) is 140 Å². The van der Waals surface area contributed by atoms with E-state index in [9.17, 15) is 43.5 Å². The third kappa shape index (κ3) is 21.7. The van der Waals surface area contributed by atoms with Crippen molar-refractivity contribution in [3.8, 4) is 45.8 Å². The molecule has 18 atom stereocenters. The van der Waals surface area contributed by atoms with Gasteiger partial charge in [-0.3, -0.25) is 48.2 Å². The normalized spacial score (nSPS) is 27.8. The number of nitrogens with one attached hydrogen (secondary N) is 2. The first-order valence-electron chi connectivity index (χ1n) is 45.9. The summed E-state index contributed by atoms with van der Waals surface area (Å²) in [4.78, 5) is 139. The molecule has 4 unspecified atom stereocenters. The number of anilines is 2. The van der Waals surface area contributed by atoms with E-state index in [0.717, 1.165) is 75.0 Å². The number of nitrogens with zero attached hydrogens (tertiary/aromatic N) is 8. The molecule has 6 aliphatic carbocycles. The van der Waals surface area contributed by atoms with Crippen molar-refractivity contribution in [1.82, 2.24) is 39.5 Å². The average Bonchev–Trinajstić information content (AvgIpc) is 1.58. The highest BCUT2D eigenvalue weighted by molar-refractivity contribution is 7.14. The first-order valence-corrected chi connectivity index (χ1v) is 48.4. The molecule has 0 radical (unpaired) electrons. The van der Waals surface area contributed by atoms with Crippen molar-refractivity contribution in [3.63, 3.8) is 0 Å². The zero-order chi connectivity index (χ0) is 92.0. The Hall–Kier alpha value is -8.62. The molecule has 6 aromatic rings. The fourth-order valence-corrected chi connectivity index (χ4v) is 22.5. The molecule has 4 aromatic heterocycles. The van der Waals surface area contributed by atoms with E-state index < -0.39 is 81.7 Å². The molecule has 129 heavy (non-hydrogen) atoms. The first-order chi connectivity index (χ1) is 61.4. The number of benzene rings is 2. The van der Waals surface area contributed by atoms with Gasteiger partial charge in [-0.05, 0) is 163 Å². The molecule has 3 N–H and O–H groups in total. The van der Waals surface area contributed by atoms with Crippen LogP contribution in [0.3, 0.4) is 0 Å². The minimum atomic E-state index is -1.27. The number of ketones is 2. The van der Waals surface area contributed by atoms with Gasteiger partial charge in [0.25, 0.3) is 0 Å².